The minimum Gasteiger partial charge on any atom is -0.389 e. The fourth-order valence-corrected chi connectivity index (χ4v) is 1.79. The van der Waals surface area contributed by atoms with Crippen molar-refractivity contribution in [3.05, 3.63) is 46.7 Å². The van der Waals surface area contributed by atoms with E-state index in [0.29, 0.717) is 0 Å². The number of nitrogens with zero attached hydrogens (tertiary/aromatic N) is 2. The second kappa shape index (κ2) is 4.16. The molecule has 4 heteroatoms. The SMILES string of the molecule is CC(O)c1ccc(-n2nccc2Br)cc1. The zero-order valence-electron chi connectivity index (χ0n) is 8.26. The van der Waals surface area contributed by atoms with Crippen LogP contribution in [0.2, 0.25) is 0 Å². The third-order valence-corrected chi connectivity index (χ3v) is 2.82. The maximum atomic E-state index is 9.37. The molecule has 0 saturated heterocycles. The Morgan fingerprint density at radius 1 is 1.27 bits per heavy atom. The zero-order valence-corrected chi connectivity index (χ0v) is 9.85. The molecule has 3 nitrogen and oxygen atoms in total. The monoisotopic (exact) mass is 266 g/mol. The van der Waals surface area contributed by atoms with Crippen LogP contribution in [0, 0.1) is 0 Å². The van der Waals surface area contributed by atoms with Crippen LogP contribution in [0.15, 0.2) is 41.1 Å². The molecule has 1 unspecified atom stereocenters. The largest absolute Gasteiger partial charge is 0.389 e. The second-order valence-electron chi connectivity index (χ2n) is 3.33. The molecular weight excluding hydrogens is 256 g/mol. The molecule has 0 radical (unpaired) electrons. The van der Waals surface area contributed by atoms with Gasteiger partial charge in [0.1, 0.15) is 4.60 Å². The minimum atomic E-state index is -0.430. The number of aliphatic hydroxyl groups excluding tert-OH is 1. The average Bonchev–Trinajstić information content (AvgIpc) is 2.65. The molecule has 0 aliphatic heterocycles. The predicted octanol–water partition coefficient (Wildman–Crippen LogP) is 2.69. The molecule has 0 spiro atoms. The van der Waals surface area contributed by atoms with Crippen LogP contribution in [0.4, 0.5) is 0 Å². The molecule has 0 amide bonds. The summed E-state index contributed by atoms with van der Waals surface area (Å²) in [6, 6.07) is 9.53. The van der Waals surface area contributed by atoms with Crippen LogP contribution in [0.3, 0.4) is 0 Å². The van der Waals surface area contributed by atoms with Crippen LogP contribution in [-0.4, -0.2) is 14.9 Å². The molecule has 1 heterocycles. The van der Waals surface area contributed by atoms with Gasteiger partial charge in [-0.3, -0.25) is 0 Å². The Hall–Kier alpha value is -1.13. The zero-order chi connectivity index (χ0) is 10.8. The van der Waals surface area contributed by atoms with Crippen LogP contribution >= 0.6 is 15.9 Å². The van der Waals surface area contributed by atoms with E-state index in [9.17, 15) is 5.11 Å². The number of aliphatic hydroxyl groups is 1. The van der Waals surface area contributed by atoms with E-state index in [-0.39, 0.29) is 0 Å². The van der Waals surface area contributed by atoms with E-state index < -0.39 is 6.10 Å². The van der Waals surface area contributed by atoms with Crippen molar-refractivity contribution in [3.8, 4) is 5.69 Å². The van der Waals surface area contributed by atoms with Gasteiger partial charge in [0.05, 0.1) is 18.0 Å². The van der Waals surface area contributed by atoms with Gasteiger partial charge in [0, 0.05) is 0 Å². The van der Waals surface area contributed by atoms with E-state index in [0.717, 1.165) is 15.9 Å². The molecule has 78 valence electrons. The van der Waals surface area contributed by atoms with Gasteiger partial charge in [-0.2, -0.15) is 5.10 Å². The first-order chi connectivity index (χ1) is 7.18. The quantitative estimate of drug-likeness (QED) is 0.908. The summed E-state index contributed by atoms with van der Waals surface area (Å²) in [7, 11) is 0. The van der Waals surface area contributed by atoms with E-state index in [1.165, 1.54) is 0 Å². The highest BCUT2D eigenvalue weighted by Crippen LogP contribution is 2.18. The summed E-state index contributed by atoms with van der Waals surface area (Å²) in [5.74, 6) is 0. The van der Waals surface area contributed by atoms with Gasteiger partial charge >= 0.3 is 0 Å². The lowest BCUT2D eigenvalue weighted by molar-refractivity contribution is 0.199. The Morgan fingerprint density at radius 2 is 1.93 bits per heavy atom. The Bertz CT molecular complexity index is 448. The first-order valence-corrected chi connectivity index (χ1v) is 5.45. The van der Waals surface area contributed by atoms with E-state index in [1.807, 2.05) is 30.3 Å². The van der Waals surface area contributed by atoms with Crippen molar-refractivity contribution in [1.29, 1.82) is 0 Å². The van der Waals surface area contributed by atoms with Gasteiger partial charge in [-0.05, 0) is 46.6 Å². The van der Waals surface area contributed by atoms with Crippen molar-refractivity contribution in [3.63, 3.8) is 0 Å². The lowest BCUT2D eigenvalue weighted by Crippen LogP contribution is -1.97. The second-order valence-corrected chi connectivity index (χ2v) is 4.15. The molecule has 0 aliphatic carbocycles. The first kappa shape index (κ1) is 10.4. The van der Waals surface area contributed by atoms with Crippen LogP contribution in [-0.2, 0) is 0 Å². The van der Waals surface area contributed by atoms with E-state index in [1.54, 1.807) is 17.8 Å². The lowest BCUT2D eigenvalue weighted by Gasteiger charge is -2.07. The number of halogens is 1. The minimum absolute atomic E-state index is 0.430. The van der Waals surface area contributed by atoms with E-state index >= 15 is 0 Å². The number of benzene rings is 1. The van der Waals surface area contributed by atoms with Crippen molar-refractivity contribution >= 4 is 15.9 Å². The molecule has 1 N–H and O–H groups in total. The fourth-order valence-electron chi connectivity index (χ4n) is 1.37. The summed E-state index contributed by atoms with van der Waals surface area (Å²) in [5.41, 5.74) is 1.87. The van der Waals surface area contributed by atoms with Crippen LogP contribution in [0.5, 0.6) is 0 Å². The maximum absolute atomic E-state index is 9.37. The third-order valence-electron chi connectivity index (χ3n) is 2.22. The van der Waals surface area contributed by atoms with Crippen molar-refractivity contribution < 1.29 is 5.11 Å². The van der Waals surface area contributed by atoms with Crippen LogP contribution in [0.1, 0.15) is 18.6 Å². The van der Waals surface area contributed by atoms with Crippen LogP contribution < -0.4 is 0 Å². The average molecular weight is 267 g/mol. The van der Waals surface area contributed by atoms with Gasteiger partial charge in [0.2, 0.25) is 0 Å². The smallest absolute Gasteiger partial charge is 0.109 e. The standard InChI is InChI=1S/C11H11BrN2O/c1-8(15)9-2-4-10(5-3-9)14-11(12)6-7-13-14/h2-8,15H,1H3. The van der Waals surface area contributed by atoms with Gasteiger partial charge in [-0.1, -0.05) is 12.1 Å². The highest BCUT2D eigenvalue weighted by Gasteiger charge is 2.03. The Labute approximate surface area is 96.5 Å². The van der Waals surface area contributed by atoms with Crippen molar-refractivity contribution in [2.75, 3.05) is 0 Å². The Morgan fingerprint density at radius 3 is 2.40 bits per heavy atom. The van der Waals surface area contributed by atoms with Crippen molar-refractivity contribution in [1.82, 2.24) is 9.78 Å². The summed E-state index contributed by atoms with van der Waals surface area (Å²) < 4.78 is 2.69. The molecular formula is C11H11BrN2O. The van der Waals surface area contributed by atoms with E-state index in [4.69, 9.17) is 0 Å². The fraction of sp³-hybridized carbons (Fsp3) is 0.182. The number of hydrogen-bond donors (Lipinski definition) is 1. The summed E-state index contributed by atoms with van der Waals surface area (Å²) >= 11 is 3.40. The summed E-state index contributed by atoms with van der Waals surface area (Å²) in [5, 5.41) is 13.5. The Kier molecular flexibility index (Phi) is 2.88. The maximum Gasteiger partial charge on any atom is 0.109 e. The van der Waals surface area contributed by atoms with Gasteiger partial charge in [-0.25, -0.2) is 4.68 Å². The normalized spacial score (nSPS) is 12.7. The number of rotatable bonds is 2. The van der Waals surface area contributed by atoms with E-state index in [2.05, 4.69) is 21.0 Å². The third kappa shape index (κ3) is 2.11. The van der Waals surface area contributed by atoms with Gasteiger partial charge in [-0.15, -0.1) is 0 Å². The van der Waals surface area contributed by atoms with Gasteiger partial charge in [0.15, 0.2) is 0 Å². The highest BCUT2D eigenvalue weighted by molar-refractivity contribution is 9.10. The van der Waals surface area contributed by atoms with Crippen molar-refractivity contribution in [2.24, 2.45) is 0 Å². The molecule has 1 aromatic carbocycles. The summed E-state index contributed by atoms with van der Waals surface area (Å²) in [6.07, 6.45) is 1.30. The van der Waals surface area contributed by atoms with Crippen LogP contribution in [0.25, 0.3) is 5.69 Å². The van der Waals surface area contributed by atoms with Gasteiger partial charge in [0.25, 0.3) is 0 Å². The summed E-state index contributed by atoms with van der Waals surface area (Å²) in [6.45, 7) is 1.75. The molecule has 2 rings (SSSR count). The predicted molar refractivity (Wildman–Crippen MR) is 61.9 cm³/mol. The number of aromatic nitrogens is 2. The number of hydrogen-bond acceptors (Lipinski definition) is 2. The molecule has 0 fully saturated rings. The molecule has 2 aromatic rings. The topological polar surface area (TPSA) is 38.0 Å². The van der Waals surface area contributed by atoms with Gasteiger partial charge < -0.3 is 5.11 Å². The molecule has 1 aromatic heterocycles. The highest BCUT2D eigenvalue weighted by atomic mass is 79.9. The molecule has 0 aliphatic rings. The summed E-state index contributed by atoms with van der Waals surface area (Å²) in [4.78, 5) is 0. The molecule has 15 heavy (non-hydrogen) atoms. The van der Waals surface area contributed by atoms with Crippen molar-refractivity contribution in [2.45, 2.75) is 13.0 Å². The molecule has 0 saturated carbocycles. The molecule has 0 bridgehead atoms. The Balaban J connectivity index is 2.36. The first-order valence-electron chi connectivity index (χ1n) is 4.66. The lowest BCUT2D eigenvalue weighted by atomic mass is 10.1. The molecule has 1 atom stereocenters.